The van der Waals surface area contributed by atoms with Gasteiger partial charge in [0.1, 0.15) is 0 Å². The molecule has 2 aromatic rings. The molecular formula is C23H26N2O4. The number of benzene rings is 1. The fourth-order valence-electron chi connectivity index (χ4n) is 3.67. The Labute approximate surface area is 170 Å². The molecule has 1 aromatic heterocycles. The number of allylic oxidation sites excluding steroid dienone is 1. The van der Waals surface area contributed by atoms with E-state index in [1.54, 1.807) is 17.0 Å². The molecule has 0 saturated carbocycles. The van der Waals surface area contributed by atoms with Crippen LogP contribution in [0.3, 0.4) is 0 Å². The second kappa shape index (κ2) is 8.47. The number of Topliss-reactive ketones (excluding diaryl/α,β-unsaturated/α-hetero) is 1. The van der Waals surface area contributed by atoms with Crippen LogP contribution < -0.4 is 4.90 Å². The van der Waals surface area contributed by atoms with Gasteiger partial charge >= 0.3 is 5.97 Å². The molecule has 0 bridgehead atoms. The largest absolute Gasteiger partial charge is 0.457 e. The topological polar surface area (TPSA) is 68.6 Å². The van der Waals surface area contributed by atoms with Gasteiger partial charge in [-0.2, -0.15) is 0 Å². The smallest absolute Gasteiger partial charge is 0.311 e. The van der Waals surface area contributed by atoms with Crippen molar-refractivity contribution in [2.45, 2.75) is 33.7 Å². The number of nitrogens with zero attached hydrogens (tertiary/aromatic N) is 2. The van der Waals surface area contributed by atoms with E-state index in [-0.39, 0.29) is 31.3 Å². The minimum Gasteiger partial charge on any atom is -0.457 e. The molecule has 1 saturated heterocycles. The van der Waals surface area contributed by atoms with E-state index in [2.05, 4.69) is 6.58 Å². The summed E-state index contributed by atoms with van der Waals surface area (Å²) in [5.41, 5.74) is 4.18. The van der Waals surface area contributed by atoms with E-state index in [1.807, 2.05) is 49.6 Å². The van der Waals surface area contributed by atoms with Gasteiger partial charge < -0.3 is 14.2 Å². The van der Waals surface area contributed by atoms with Crippen LogP contribution in [0.2, 0.25) is 0 Å². The molecule has 2 heterocycles. The molecule has 0 unspecified atom stereocenters. The van der Waals surface area contributed by atoms with Crippen molar-refractivity contribution >= 4 is 23.3 Å². The normalized spacial score (nSPS) is 16.2. The van der Waals surface area contributed by atoms with E-state index < -0.39 is 11.9 Å². The van der Waals surface area contributed by atoms with Crippen LogP contribution in [0.15, 0.2) is 43.0 Å². The molecular weight excluding hydrogens is 368 g/mol. The van der Waals surface area contributed by atoms with E-state index in [4.69, 9.17) is 4.74 Å². The first kappa shape index (κ1) is 20.6. The fourth-order valence-corrected chi connectivity index (χ4v) is 3.67. The lowest BCUT2D eigenvalue weighted by atomic mass is 10.1. The van der Waals surface area contributed by atoms with Gasteiger partial charge in [0.25, 0.3) is 0 Å². The van der Waals surface area contributed by atoms with E-state index in [0.29, 0.717) is 12.1 Å². The number of rotatable bonds is 7. The lowest BCUT2D eigenvalue weighted by Gasteiger charge is -2.16. The highest BCUT2D eigenvalue weighted by atomic mass is 16.5. The molecule has 1 amide bonds. The second-order valence-electron chi connectivity index (χ2n) is 7.46. The van der Waals surface area contributed by atoms with Crippen molar-refractivity contribution < 1.29 is 19.1 Å². The van der Waals surface area contributed by atoms with E-state index in [9.17, 15) is 14.4 Å². The summed E-state index contributed by atoms with van der Waals surface area (Å²) < 4.78 is 7.24. The maximum atomic E-state index is 12.5. The number of anilines is 1. The molecule has 1 fully saturated rings. The van der Waals surface area contributed by atoms with Crippen LogP contribution in [0, 0.1) is 26.7 Å². The highest BCUT2D eigenvalue weighted by Gasteiger charge is 2.36. The molecule has 1 aliphatic rings. The number of ether oxygens (including phenoxy) is 1. The maximum absolute atomic E-state index is 12.5. The first-order valence-corrected chi connectivity index (χ1v) is 9.66. The van der Waals surface area contributed by atoms with Crippen LogP contribution in [0.4, 0.5) is 5.69 Å². The lowest BCUT2D eigenvalue weighted by molar-refractivity contribution is -0.147. The highest BCUT2D eigenvalue weighted by molar-refractivity contribution is 6.01. The predicted molar refractivity (Wildman–Crippen MR) is 111 cm³/mol. The zero-order valence-electron chi connectivity index (χ0n) is 17.1. The first-order valence-electron chi connectivity index (χ1n) is 9.66. The summed E-state index contributed by atoms with van der Waals surface area (Å²) in [6.07, 6.45) is 1.86. The number of ketones is 1. The standard InChI is InChI=1S/C23H26N2O4/c1-5-10-24-16(3)11-20(17(24)4)21(26)14-29-23(28)18-12-22(27)25(13-18)19-8-6-15(2)7-9-19/h5-9,11,18H,1,10,12-14H2,2-4H3/t18-/m1/s1. The minimum absolute atomic E-state index is 0.0920. The van der Waals surface area contributed by atoms with Crippen LogP contribution in [-0.4, -0.2) is 35.4 Å². The van der Waals surface area contributed by atoms with Gasteiger partial charge in [0.15, 0.2) is 6.61 Å². The fraction of sp³-hybridized carbons (Fsp3) is 0.348. The zero-order valence-corrected chi connectivity index (χ0v) is 17.1. The quantitative estimate of drug-likeness (QED) is 0.410. The highest BCUT2D eigenvalue weighted by Crippen LogP contribution is 2.26. The average Bonchev–Trinajstić information content (AvgIpc) is 3.22. The van der Waals surface area contributed by atoms with Crippen molar-refractivity contribution in [1.82, 2.24) is 4.57 Å². The summed E-state index contributed by atoms with van der Waals surface area (Å²) in [7, 11) is 0. The van der Waals surface area contributed by atoms with Gasteiger partial charge in [0, 0.05) is 42.1 Å². The van der Waals surface area contributed by atoms with Gasteiger partial charge in [0.05, 0.1) is 5.92 Å². The second-order valence-corrected chi connectivity index (χ2v) is 7.46. The number of hydrogen-bond donors (Lipinski definition) is 0. The van der Waals surface area contributed by atoms with Crippen LogP contribution in [0.25, 0.3) is 0 Å². The van der Waals surface area contributed by atoms with E-state index >= 15 is 0 Å². The van der Waals surface area contributed by atoms with E-state index in [0.717, 1.165) is 22.6 Å². The number of amides is 1. The molecule has 152 valence electrons. The molecule has 6 heteroatoms. The summed E-state index contributed by atoms with van der Waals surface area (Å²) >= 11 is 0. The summed E-state index contributed by atoms with van der Waals surface area (Å²) in [5.74, 6) is -1.44. The van der Waals surface area contributed by atoms with Crippen LogP contribution in [-0.2, 0) is 20.9 Å². The van der Waals surface area contributed by atoms with Crippen LogP contribution >= 0.6 is 0 Å². The molecule has 0 N–H and O–H groups in total. The Morgan fingerprint density at radius 2 is 1.90 bits per heavy atom. The van der Waals surface area contributed by atoms with Gasteiger partial charge in [-0.25, -0.2) is 0 Å². The Kier molecular flexibility index (Phi) is 6.01. The number of hydrogen-bond acceptors (Lipinski definition) is 4. The summed E-state index contributed by atoms with van der Waals surface area (Å²) in [4.78, 5) is 38.9. The van der Waals surface area contributed by atoms with Crippen molar-refractivity contribution in [2.75, 3.05) is 18.1 Å². The SMILES string of the molecule is C=CCn1c(C)cc(C(=O)COC(=O)[C@@H]2CC(=O)N(c3ccc(C)cc3)C2)c1C. The van der Waals surface area contributed by atoms with Crippen LogP contribution in [0.1, 0.15) is 33.7 Å². The van der Waals surface area contributed by atoms with E-state index in [1.165, 1.54) is 0 Å². The number of carbonyl (C=O) groups is 3. The molecule has 1 atom stereocenters. The minimum atomic E-state index is -0.565. The van der Waals surface area contributed by atoms with Gasteiger partial charge in [-0.15, -0.1) is 6.58 Å². The summed E-state index contributed by atoms with van der Waals surface area (Å²) in [6.45, 7) is 10.0. The predicted octanol–water partition coefficient (Wildman–Crippen LogP) is 3.38. The van der Waals surface area contributed by atoms with Crippen molar-refractivity contribution in [2.24, 2.45) is 5.92 Å². The van der Waals surface area contributed by atoms with Crippen molar-refractivity contribution in [3.05, 3.63) is 65.5 Å². The first-order chi connectivity index (χ1) is 13.8. The Hall–Kier alpha value is -3.15. The Morgan fingerprint density at radius 3 is 2.55 bits per heavy atom. The van der Waals surface area contributed by atoms with Crippen molar-refractivity contribution in [3.8, 4) is 0 Å². The number of aromatic nitrogens is 1. The Morgan fingerprint density at radius 1 is 1.21 bits per heavy atom. The van der Waals surface area contributed by atoms with Gasteiger partial charge in [-0.3, -0.25) is 14.4 Å². The Bertz CT molecular complexity index is 956. The zero-order chi connectivity index (χ0) is 21.1. The van der Waals surface area contributed by atoms with Gasteiger partial charge in [-0.1, -0.05) is 23.8 Å². The molecule has 1 aromatic carbocycles. The third-order valence-corrected chi connectivity index (χ3v) is 5.34. The van der Waals surface area contributed by atoms with Gasteiger partial charge in [0.2, 0.25) is 11.7 Å². The monoisotopic (exact) mass is 394 g/mol. The molecule has 29 heavy (non-hydrogen) atoms. The molecule has 1 aliphatic heterocycles. The summed E-state index contributed by atoms with van der Waals surface area (Å²) in [6, 6.07) is 9.38. The molecule has 0 aliphatic carbocycles. The maximum Gasteiger partial charge on any atom is 0.311 e. The van der Waals surface area contributed by atoms with Gasteiger partial charge in [-0.05, 0) is 39.0 Å². The molecule has 0 radical (unpaired) electrons. The number of carbonyl (C=O) groups excluding carboxylic acids is 3. The third kappa shape index (κ3) is 4.31. The van der Waals surface area contributed by atoms with Crippen molar-refractivity contribution in [3.63, 3.8) is 0 Å². The number of esters is 1. The third-order valence-electron chi connectivity index (χ3n) is 5.34. The van der Waals surface area contributed by atoms with Crippen LogP contribution in [0.5, 0.6) is 0 Å². The molecule has 3 rings (SSSR count). The average molecular weight is 394 g/mol. The molecule has 0 spiro atoms. The lowest BCUT2D eigenvalue weighted by Crippen LogP contribution is -2.27. The van der Waals surface area contributed by atoms with Crippen molar-refractivity contribution in [1.29, 1.82) is 0 Å². The number of aryl methyl sites for hydroxylation is 2. The summed E-state index contributed by atoms with van der Waals surface area (Å²) in [5, 5.41) is 0. The Balaban J connectivity index is 1.60. The molecule has 6 nitrogen and oxygen atoms in total.